The maximum absolute atomic E-state index is 13.8. The molecule has 4 aromatic rings. The van der Waals surface area contributed by atoms with Crippen LogP contribution in [0.2, 0.25) is 0 Å². The summed E-state index contributed by atoms with van der Waals surface area (Å²) in [6.07, 6.45) is 3.85. The molecule has 0 unspecified atom stereocenters. The number of hydrogen-bond acceptors (Lipinski definition) is 7. The van der Waals surface area contributed by atoms with E-state index in [4.69, 9.17) is 9.47 Å². The van der Waals surface area contributed by atoms with Crippen LogP contribution in [0.4, 0.5) is 0 Å². The maximum Gasteiger partial charge on any atom is 0.338 e. The number of esters is 1. The van der Waals surface area contributed by atoms with E-state index >= 15 is 0 Å². The van der Waals surface area contributed by atoms with Crippen LogP contribution >= 0.6 is 39.0 Å². The first kappa shape index (κ1) is 28.1. The van der Waals surface area contributed by atoms with Gasteiger partial charge in [-0.2, -0.15) is 0 Å². The van der Waals surface area contributed by atoms with Crippen LogP contribution in [0.1, 0.15) is 36.6 Å². The van der Waals surface area contributed by atoms with Crippen LogP contribution in [-0.2, 0) is 16.1 Å². The average molecular weight is 636 g/mol. The van der Waals surface area contributed by atoms with E-state index in [-0.39, 0.29) is 12.2 Å². The van der Waals surface area contributed by atoms with Crippen LogP contribution in [0.15, 0.2) is 103 Å². The van der Waals surface area contributed by atoms with Gasteiger partial charge in [0.15, 0.2) is 4.80 Å². The van der Waals surface area contributed by atoms with Gasteiger partial charge in [0, 0.05) is 4.90 Å². The zero-order chi connectivity index (χ0) is 28.2. The number of rotatable bonds is 8. The fraction of sp³-hybridized carbons (Fsp3) is 0.194. The number of carbonyl (C=O) groups excluding carboxylic acids is 1. The van der Waals surface area contributed by atoms with Crippen molar-refractivity contribution in [1.82, 2.24) is 4.57 Å². The number of aromatic nitrogens is 1. The Morgan fingerprint density at radius 2 is 1.88 bits per heavy atom. The number of thioether (sulfide) groups is 1. The van der Waals surface area contributed by atoms with Crippen LogP contribution in [0.3, 0.4) is 0 Å². The van der Waals surface area contributed by atoms with E-state index in [9.17, 15) is 9.59 Å². The molecule has 0 radical (unpaired) electrons. The van der Waals surface area contributed by atoms with Crippen molar-refractivity contribution in [3.63, 3.8) is 0 Å². The van der Waals surface area contributed by atoms with Crippen molar-refractivity contribution in [2.24, 2.45) is 4.99 Å². The normalized spacial score (nSPS) is 15.0. The summed E-state index contributed by atoms with van der Waals surface area (Å²) >= 11 is 6.54. The lowest BCUT2D eigenvalue weighted by Gasteiger charge is -2.24. The zero-order valence-corrected chi connectivity index (χ0v) is 25.4. The fourth-order valence-corrected chi connectivity index (χ4v) is 6.47. The molecule has 204 valence electrons. The third-order valence-electron chi connectivity index (χ3n) is 6.44. The lowest BCUT2D eigenvalue weighted by Crippen LogP contribution is -2.39. The number of ether oxygens (including phenoxy) is 2. The smallest absolute Gasteiger partial charge is 0.338 e. The topological polar surface area (TPSA) is 69.9 Å². The number of hydrogen-bond donors (Lipinski definition) is 0. The first-order valence-electron chi connectivity index (χ1n) is 12.7. The number of benzene rings is 3. The monoisotopic (exact) mass is 634 g/mol. The minimum absolute atomic E-state index is 0.211. The van der Waals surface area contributed by atoms with Crippen LogP contribution in [0, 0.1) is 0 Å². The highest BCUT2D eigenvalue weighted by Gasteiger charge is 2.33. The van der Waals surface area contributed by atoms with Crippen LogP contribution in [-0.4, -0.2) is 23.4 Å². The molecular weight excluding hydrogens is 608 g/mol. The van der Waals surface area contributed by atoms with Gasteiger partial charge < -0.3 is 9.47 Å². The Morgan fingerprint density at radius 1 is 1.12 bits per heavy atom. The molecule has 0 saturated carbocycles. The molecule has 5 rings (SSSR count). The molecule has 0 bridgehead atoms. The minimum Gasteiger partial charge on any atom is -0.488 e. The van der Waals surface area contributed by atoms with Crippen molar-refractivity contribution in [2.75, 3.05) is 12.9 Å². The molecular formula is C31H27BrN2O4S2. The molecule has 0 saturated heterocycles. The summed E-state index contributed by atoms with van der Waals surface area (Å²) in [4.78, 5) is 33.2. The Balaban J connectivity index is 1.53. The molecule has 0 fully saturated rings. The number of nitrogens with zero attached hydrogens (tertiary/aromatic N) is 2. The second kappa shape index (κ2) is 12.4. The standard InChI is InChI=1S/C31H27BrN2O4S2/c1-4-37-30(36)27-19(2)33-31-34(28(27)22-11-13-23(39-3)14-12-22)29(35)26(40-31)17-21-10-15-25(24(32)16-21)38-18-20-8-6-5-7-9-20/h5-17,28H,4,18H2,1-3H3/b26-17-/t28-/m1/s1. The lowest BCUT2D eigenvalue weighted by atomic mass is 9.96. The van der Waals surface area contributed by atoms with Crippen LogP contribution < -0.4 is 19.6 Å². The summed E-state index contributed by atoms with van der Waals surface area (Å²) in [6, 6.07) is 23.0. The van der Waals surface area contributed by atoms with Gasteiger partial charge in [0.05, 0.1) is 32.9 Å². The van der Waals surface area contributed by atoms with Gasteiger partial charge in [-0.3, -0.25) is 9.36 Å². The fourth-order valence-electron chi connectivity index (χ4n) is 4.50. The van der Waals surface area contributed by atoms with Gasteiger partial charge >= 0.3 is 5.97 Å². The summed E-state index contributed by atoms with van der Waals surface area (Å²) in [6.45, 7) is 4.24. The summed E-state index contributed by atoms with van der Waals surface area (Å²) < 4.78 is 14.3. The van der Waals surface area contributed by atoms with Gasteiger partial charge in [-0.1, -0.05) is 59.9 Å². The Kier molecular flexibility index (Phi) is 8.73. The zero-order valence-electron chi connectivity index (χ0n) is 22.2. The molecule has 0 aliphatic carbocycles. The summed E-state index contributed by atoms with van der Waals surface area (Å²) in [5, 5.41) is 0. The third kappa shape index (κ3) is 5.87. The Bertz CT molecular complexity index is 1760. The second-order valence-corrected chi connectivity index (χ2v) is 11.8. The molecule has 0 amide bonds. The number of thiazole rings is 1. The van der Waals surface area contributed by atoms with Crippen molar-refractivity contribution >= 4 is 51.1 Å². The molecule has 0 N–H and O–H groups in total. The Morgan fingerprint density at radius 3 is 2.55 bits per heavy atom. The van der Waals surface area contributed by atoms with Crippen molar-refractivity contribution in [3.8, 4) is 5.75 Å². The highest BCUT2D eigenvalue weighted by Crippen LogP contribution is 2.32. The van der Waals surface area contributed by atoms with Gasteiger partial charge in [-0.25, -0.2) is 9.79 Å². The van der Waals surface area contributed by atoms with E-state index in [1.807, 2.05) is 85.1 Å². The third-order valence-corrected chi connectivity index (χ3v) is 8.79. The first-order chi connectivity index (χ1) is 19.4. The molecule has 6 nitrogen and oxygen atoms in total. The van der Waals surface area contributed by atoms with E-state index in [0.29, 0.717) is 33.0 Å². The van der Waals surface area contributed by atoms with E-state index < -0.39 is 12.0 Å². The van der Waals surface area contributed by atoms with Gasteiger partial charge in [-0.05, 0) is 83.1 Å². The van der Waals surface area contributed by atoms with Crippen molar-refractivity contribution in [3.05, 3.63) is 125 Å². The number of fused-ring (bicyclic) bond motifs is 1. The molecule has 2 heterocycles. The van der Waals surface area contributed by atoms with Crippen molar-refractivity contribution in [2.45, 2.75) is 31.4 Å². The lowest BCUT2D eigenvalue weighted by molar-refractivity contribution is -0.139. The van der Waals surface area contributed by atoms with Gasteiger partial charge in [0.25, 0.3) is 5.56 Å². The van der Waals surface area contributed by atoms with Gasteiger partial charge in [0.1, 0.15) is 12.4 Å². The molecule has 9 heteroatoms. The van der Waals surface area contributed by atoms with Gasteiger partial charge in [-0.15, -0.1) is 11.8 Å². The summed E-state index contributed by atoms with van der Waals surface area (Å²) in [7, 11) is 0. The number of allylic oxidation sites excluding steroid dienone is 1. The Hall–Kier alpha value is -3.40. The Labute approximate surface area is 248 Å². The van der Waals surface area contributed by atoms with E-state index in [1.165, 1.54) is 11.3 Å². The largest absolute Gasteiger partial charge is 0.488 e. The number of carbonyl (C=O) groups is 1. The van der Waals surface area contributed by atoms with Crippen LogP contribution in [0.25, 0.3) is 6.08 Å². The summed E-state index contributed by atoms with van der Waals surface area (Å²) in [5.74, 6) is 0.248. The SMILES string of the molecule is CCOC(=O)C1=C(C)N=c2s/c(=C\c3ccc(OCc4ccccc4)c(Br)c3)c(=O)n2[C@@H]1c1ccc(SC)cc1. The molecule has 1 aliphatic rings. The highest BCUT2D eigenvalue weighted by atomic mass is 79.9. The molecule has 1 aromatic heterocycles. The molecule has 40 heavy (non-hydrogen) atoms. The minimum atomic E-state index is -0.631. The van der Waals surface area contributed by atoms with E-state index in [2.05, 4.69) is 20.9 Å². The van der Waals surface area contributed by atoms with E-state index in [0.717, 1.165) is 26.1 Å². The molecule has 1 aliphatic heterocycles. The van der Waals surface area contributed by atoms with Gasteiger partial charge in [0.2, 0.25) is 0 Å². The summed E-state index contributed by atoms with van der Waals surface area (Å²) in [5.41, 5.74) is 3.46. The predicted molar refractivity (Wildman–Crippen MR) is 164 cm³/mol. The first-order valence-corrected chi connectivity index (χ1v) is 15.5. The maximum atomic E-state index is 13.8. The van der Waals surface area contributed by atoms with Crippen molar-refractivity contribution < 1.29 is 14.3 Å². The van der Waals surface area contributed by atoms with E-state index in [1.54, 1.807) is 30.2 Å². The highest BCUT2D eigenvalue weighted by molar-refractivity contribution is 9.10. The molecule has 1 atom stereocenters. The number of halogens is 1. The van der Waals surface area contributed by atoms with Crippen LogP contribution in [0.5, 0.6) is 5.75 Å². The predicted octanol–water partition coefficient (Wildman–Crippen LogP) is 5.86. The molecule has 0 spiro atoms. The quantitative estimate of drug-likeness (QED) is 0.179. The second-order valence-electron chi connectivity index (χ2n) is 9.04. The average Bonchev–Trinajstić information content (AvgIpc) is 3.26. The van der Waals surface area contributed by atoms with Crippen molar-refractivity contribution in [1.29, 1.82) is 0 Å². The molecule has 3 aromatic carbocycles.